The molecule has 2 heterocycles. The van der Waals surface area contributed by atoms with Crippen LogP contribution >= 0.6 is 22.9 Å². The zero-order chi connectivity index (χ0) is 12.5. The van der Waals surface area contributed by atoms with Crippen molar-refractivity contribution in [2.75, 3.05) is 0 Å². The largest absolute Gasteiger partial charge is 0.451 e. The molecule has 0 saturated carbocycles. The maximum absolute atomic E-state index is 12.1. The number of benzene rings is 1. The molecule has 90 valence electrons. The van der Waals surface area contributed by atoms with Crippen LogP contribution in [0, 0.1) is 0 Å². The summed E-state index contributed by atoms with van der Waals surface area (Å²) in [5.41, 5.74) is 1.59. The van der Waals surface area contributed by atoms with Gasteiger partial charge in [-0.3, -0.25) is 4.79 Å². The lowest BCUT2D eigenvalue weighted by Gasteiger charge is -1.94. The van der Waals surface area contributed by atoms with Crippen LogP contribution in [-0.4, -0.2) is 5.78 Å². The minimum absolute atomic E-state index is 0.0272. The predicted octanol–water partition coefficient (Wildman–Crippen LogP) is 4.57. The molecule has 0 bridgehead atoms. The second-order valence-corrected chi connectivity index (χ2v) is 5.19. The fraction of sp³-hybridized carbons (Fsp3) is 0.0714. The number of para-hydroxylation sites is 1. The average molecular weight is 277 g/mol. The number of carbonyl (C=O) groups excluding carboxylic acids is 1. The van der Waals surface area contributed by atoms with Crippen LogP contribution in [-0.2, 0) is 6.42 Å². The lowest BCUT2D eigenvalue weighted by atomic mass is 10.1. The van der Waals surface area contributed by atoms with Gasteiger partial charge in [0.05, 0.1) is 5.02 Å². The first kappa shape index (κ1) is 11.5. The molecule has 0 radical (unpaired) electrons. The van der Waals surface area contributed by atoms with Gasteiger partial charge in [-0.25, -0.2) is 0 Å². The molecule has 3 aromatic rings. The number of ketones is 1. The first-order chi connectivity index (χ1) is 8.74. The molecule has 0 atom stereocenters. The summed E-state index contributed by atoms with van der Waals surface area (Å²) in [6.07, 6.45) is 0.362. The Bertz CT molecular complexity index is 698. The van der Waals surface area contributed by atoms with Gasteiger partial charge in [-0.15, -0.1) is 0 Å². The number of Topliss-reactive ketones (excluding diaryl/α,β-unsaturated/α-hetero) is 1. The number of thiophene rings is 1. The van der Waals surface area contributed by atoms with Crippen LogP contribution in [0.5, 0.6) is 0 Å². The number of halogens is 1. The summed E-state index contributed by atoms with van der Waals surface area (Å²) in [5.74, 6) is 0.338. The first-order valence-electron chi connectivity index (χ1n) is 5.46. The first-order valence-corrected chi connectivity index (χ1v) is 6.78. The summed E-state index contributed by atoms with van der Waals surface area (Å²) in [6.45, 7) is 0. The van der Waals surface area contributed by atoms with Crippen LogP contribution in [0.2, 0.25) is 5.02 Å². The molecule has 3 rings (SSSR count). The standard InChI is InChI=1S/C14H9ClO2S/c15-11-3-1-2-10-7-13(17-14(10)11)12(16)6-9-4-5-18-8-9/h1-5,7-8H,6H2. The smallest absolute Gasteiger partial charge is 0.202 e. The van der Waals surface area contributed by atoms with Gasteiger partial charge < -0.3 is 4.42 Å². The molecule has 18 heavy (non-hydrogen) atoms. The Labute approximate surface area is 113 Å². The normalized spacial score (nSPS) is 10.9. The van der Waals surface area contributed by atoms with Crippen molar-refractivity contribution >= 4 is 39.7 Å². The molecule has 0 fully saturated rings. The van der Waals surface area contributed by atoms with Gasteiger partial charge in [0.1, 0.15) is 0 Å². The summed E-state index contributed by atoms with van der Waals surface area (Å²) in [5, 5.41) is 5.31. The van der Waals surface area contributed by atoms with Crippen molar-refractivity contribution in [3.8, 4) is 0 Å². The highest BCUT2D eigenvalue weighted by atomic mass is 35.5. The number of hydrogen-bond acceptors (Lipinski definition) is 3. The van der Waals surface area contributed by atoms with Gasteiger partial charge in [-0.05, 0) is 34.5 Å². The number of rotatable bonds is 3. The third-order valence-corrected chi connectivity index (χ3v) is 3.75. The van der Waals surface area contributed by atoms with Crippen molar-refractivity contribution in [1.82, 2.24) is 0 Å². The maximum Gasteiger partial charge on any atom is 0.202 e. The zero-order valence-corrected chi connectivity index (χ0v) is 10.9. The van der Waals surface area contributed by atoms with Crippen LogP contribution < -0.4 is 0 Å². The van der Waals surface area contributed by atoms with Crippen molar-refractivity contribution in [2.24, 2.45) is 0 Å². The van der Waals surface area contributed by atoms with Crippen molar-refractivity contribution in [3.63, 3.8) is 0 Å². The molecule has 0 amide bonds. The van der Waals surface area contributed by atoms with Crippen molar-refractivity contribution in [1.29, 1.82) is 0 Å². The molecule has 0 saturated heterocycles. The Hall–Kier alpha value is -1.58. The topological polar surface area (TPSA) is 30.2 Å². The fourth-order valence-corrected chi connectivity index (χ4v) is 2.72. The van der Waals surface area contributed by atoms with E-state index in [-0.39, 0.29) is 5.78 Å². The third kappa shape index (κ3) is 2.07. The van der Waals surface area contributed by atoms with Gasteiger partial charge in [-0.2, -0.15) is 11.3 Å². The molecular formula is C14H9ClO2S. The van der Waals surface area contributed by atoms with Crippen LogP contribution in [0.25, 0.3) is 11.0 Å². The monoisotopic (exact) mass is 276 g/mol. The number of furan rings is 1. The van der Waals surface area contributed by atoms with E-state index in [0.29, 0.717) is 22.8 Å². The molecule has 1 aromatic carbocycles. The van der Waals surface area contributed by atoms with Gasteiger partial charge in [0.2, 0.25) is 5.78 Å². The average Bonchev–Trinajstić information content (AvgIpc) is 2.97. The van der Waals surface area contributed by atoms with Gasteiger partial charge in [0.25, 0.3) is 0 Å². The van der Waals surface area contributed by atoms with E-state index in [1.54, 1.807) is 23.5 Å². The van der Waals surface area contributed by atoms with E-state index in [1.165, 1.54) is 0 Å². The summed E-state index contributed by atoms with van der Waals surface area (Å²) in [7, 11) is 0. The summed E-state index contributed by atoms with van der Waals surface area (Å²) >= 11 is 7.59. The van der Waals surface area contributed by atoms with E-state index in [9.17, 15) is 4.79 Å². The van der Waals surface area contributed by atoms with Gasteiger partial charge in [0, 0.05) is 11.8 Å². The predicted molar refractivity (Wildman–Crippen MR) is 73.6 cm³/mol. The molecule has 0 aliphatic carbocycles. The van der Waals surface area contributed by atoms with Crippen LogP contribution in [0.4, 0.5) is 0 Å². The molecule has 0 N–H and O–H groups in total. The lowest BCUT2D eigenvalue weighted by Crippen LogP contribution is -2.00. The Morgan fingerprint density at radius 2 is 2.22 bits per heavy atom. The quantitative estimate of drug-likeness (QED) is 0.656. The third-order valence-electron chi connectivity index (χ3n) is 2.72. The van der Waals surface area contributed by atoms with Gasteiger partial charge in [-0.1, -0.05) is 23.7 Å². The molecule has 4 heteroatoms. The summed E-state index contributed by atoms with van der Waals surface area (Å²) in [4.78, 5) is 12.1. The van der Waals surface area contributed by atoms with Crippen molar-refractivity contribution in [2.45, 2.75) is 6.42 Å². The summed E-state index contributed by atoms with van der Waals surface area (Å²) < 4.78 is 5.53. The van der Waals surface area contributed by atoms with Crippen molar-refractivity contribution in [3.05, 3.63) is 57.4 Å². The molecule has 2 aromatic heterocycles. The molecule has 2 nitrogen and oxygen atoms in total. The van der Waals surface area contributed by atoms with E-state index < -0.39 is 0 Å². The van der Waals surface area contributed by atoms with Gasteiger partial charge in [0.15, 0.2) is 11.3 Å². The van der Waals surface area contributed by atoms with E-state index in [1.807, 2.05) is 29.0 Å². The van der Waals surface area contributed by atoms with Crippen LogP contribution in [0.3, 0.4) is 0 Å². The SMILES string of the molecule is O=C(Cc1ccsc1)c1cc2cccc(Cl)c2o1. The fourth-order valence-electron chi connectivity index (χ4n) is 1.83. The Morgan fingerprint density at radius 3 is 2.94 bits per heavy atom. The van der Waals surface area contributed by atoms with Crippen molar-refractivity contribution < 1.29 is 9.21 Å². The Balaban J connectivity index is 1.94. The zero-order valence-electron chi connectivity index (χ0n) is 9.35. The number of carbonyl (C=O) groups is 1. The van der Waals surface area contributed by atoms with Gasteiger partial charge >= 0.3 is 0 Å². The molecule has 0 aliphatic heterocycles. The van der Waals surface area contributed by atoms with E-state index in [4.69, 9.17) is 16.0 Å². The Morgan fingerprint density at radius 1 is 1.33 bits per heavy atom. The highest BCUT2D eigenvalue weighted by molar-refractivity contribution is 7.08. The Kier molecular flexibility index (Phi) is 2.94. The minimum Gasteiger partial charge on any atom is -0.451 e. The lowest BCUT2D eigenvalue weighted by molar-refractivity contribution is 0.0968. The molecular weight excluding hydrogens is 268 g/mol. The number of fused-ring (bicyclic) bond motifs is 1. The van der Waals surface area contributed by atoms with Crippen LogP contribution in [0.1, 0.15) is 16.1 Å². The minimum atomic E-state index is -0.0272. The second kappa shape index (κ2) is 4.59. The molecule has 0 spiro atoms. The summed E-state index contributed by atoms with van der Waals surface area (Å²) in [6, 6.07) is 9.16. The number of hydrogen-bond donors (Lipinski definition) is 0. The molecule has 0 unspecified atom stereocenters. The molecule has 0 aliphatic rings. The van der Waals surface area contributed by atoms with E-state index in [0.717, 1.165) is 10.9 Å². The maximum atomic E-state index is 12.1. The second-order valence-electron chi connectivity index (χ2n) is 4.00. The van der Waals surface area contributed by atoms with E-state index >= 15 is 0 Å². The highest BCUT2D eigenvalue weighted by Gasteiger charge is 2.14. The highest BCUT2D eigenvalue weighted by Crippen LogP contribution is 2.27. The van der Waals surface area contributed by atoms with E-state index in [2.05, 4.69) is 0 Å². The van der Waals surface area contributed by atoms with Crippen LogP contribution in [0.15, 0.2) is 45.5 Å².